The highest BCUT2D eigenvalue weighted by molar-refractivity contribution is 7.85. The van der Waals surface area contributed by atoms with Crippen LogP contribution >= 0.6 is 0 Å². The molecule has 56 heavy (non-hydrogen) atoms. The van der Waals surface area contributed by atoms with E-state index in [1.165, 1.54) is 186 Å². The summed E-state index contributed by atoms with van der Waals surface area (Å²) in [7, 11) is -4.35. The molecule has 7 heteroatoms. The van der Waals surface area contributed by atoms with Gasteiger partial charge in [-0.3, -0.25) is 9.35 Å². The normalized spacial score (nSPS) is 13.4. The van der Waals surface area contributed by atoms with Gasteiger partial charge in [0, 0.05) is 6.42 Å². The monoisotopic (exact) mass is 808 g/mol. The minimum Gasteiger partial charge on any atom is -0.387 e. The minimum absolute atomic E-state index is 0.280. The maximum Gasteiger partial charge on any atom is 0.267 e. The van der Waals surface area contributed by atoms with Crippen LogP contribution in [0, 0.1) is 0 Å². The van der Waals surface area contributed by atoms with E-state index in [0.29, 0.717) is 6.42 Å². The second kappa shape index (κ2) is 43.1. The molecule has 0 aliphatic rings. The van der Waals surface area contributed by atoms with Gasteiger partial charge in [0.25, 0.3) is 10.1 Å². The lowest BCUT2D eigenvalue weighted by Crippen LogP contribution is -2.46. The maximum absolute atomic E-state index is 12.6. The summed E-state index contributed by atoms with van der Waals surface area (Å²) >= 11 is 0. The molecule has 330 valence electrons. The molecule has 2 atom stereocenters. The zero-order valence-electron chi connectivity index (χ0n) is 37.0. The molecule has 0 spiro atoms. The fraction of sp³-hybridized carbons (Fsp3) is 0.857. The van der Waals surface area contributed by atoms with Gasteiger partial charge in [0.15, 0.2) is 0 Å². The molecule has 0 radical (unpaired) electrons. The summed E-state index contributed by atoms with van der Waals surface area (Å²) in [6.07, 6.45) is 57.1. The van der Waals surface area contributed by atoms with Gasteiger partial charge in [-0.2, -0.15) is 8.42 Å². The van der Waals surface area contributed by atoms with Crippen molar-refractivity contribution >= 4 is 16.0 Å². The Kier molecular flexibility index (Phi) is 42.0. The lowest BCUT2D eigenvalue weighted by Gasteiger charge is -2.21. The Morgan fingerprint density at radius 1 is 0.482 bits per heavy atom. The highest BCUT2D eigenvalue weighted by Gasteiger charge is 2.24. The molecular formula is C49H93NO5S. The lowest BCUT2D eigenvalue weighted by atomic mass is 10.0. The SMILES string of the molecule is CCCCCCC/C=C\C/C=C\CCCCCCCCCCCC(=O)NC(CS(=O)(=O)O)C(O)/C=C/CCCCCCCCCCCCCCCCCCCC. The number of nitrogens with one attached hydrogen (secondary N) is 1. The molecule has 6 nitrogen and oxygen atoms in total. The molecule has 0 bridgehead atoms. The number of rotatable bonds is 44. The molecule has 0 heterocycles. The Morgan fingerprint density at radius 3 is 1.16 bits per heavy atom. The summed E-state index contributed by atoms with van der Waals surface area (Å²) in [5, 5.41) is 13.3. The minimum atomic E-state index is -4.35. The highest BCUT2D eigenvalue weighted by atomic mass is 32.2. The van der Waals surface area contributed by atoms with Crippen molar-refractivity contribution in [1.82, 2.24) is 5.32 Å². The van der Waals surface area contributed by atoms with Gasteiger partial charge in [-0.05, 0) is 51.4 Å². The van der Waals surface area contributed by atoms with E-state index in [1.807, 2.05) is 6.08 Å². The van der Waals surface area contributed by atoms with Crippen molar-refractivity contribution in [2.45, 2.75) is 264 Å². The zero-order valence-corrected chi connectivity index (χ0v) is 37.8. The summed E-state index contributed by atoms with van der Waals surface area (Å²) in [6, 6.07) is -1.06. The number of carbonyl (C=O) groups is 1. The van der Waals surface area contributed by atoms with Gasteiger partial charge in [0.2, 0.25) is 5.91 Å². The second-order valence-corrected chi connectivity index (χ2v) is 18.2. The molecule has 2 unspecified atom stereocenters. The zero-order chi connectivity index (χ0) is 41.1. The average molecular weight is 808 g/mol. The largest absolute Gasteiger partial charge is 0.387 e. The third-order valence-electron chi connectivity index (χ3n) is 11.1. The number of amides is 1. The number of aliphatic hydroxyl groups excluding tert-OH is 1. The molecule has 1 amide bonds. The number of unbranched alkanes of at least 4 members (excludes halogenated alkanes) is 32. The topological polar surface area (TPSA) is 104 Å². The average Bonchev–Trinajstić information content (AvgIpc) is 3.16. The number of allylic oxidation sites excluding steroid dienone is 5. The van der Waals surface area contributed by atoms with E-state index in [1.54, 1.807) is 6.08 Å². The molecular weight excluding hydrogens is 715 g/mol. The Labute approximate surface area is 348 Å². The molecule has 0 rings (SSSR count). The van der Waals surface area contributed by atoms with E-state index in [-0.39, 0.29) is 5.91 Å². The first-order valence-corrected chi connectivity index (χ1v) is 25.8. The predicted octanol–water partition coefficient (Wildman–Crippen LogP) is 14.9. The maximum atomic E-state index is 12.6. The molecule has 0 saturated heterocycles. The molecule has 0 saturated carbocycles. The van der Waals surface area contributed by atoms with Crippen LogP contribution in [0.15, 0.2) is 36.5 Å². The highest BCUT2D eigenvalue weighted by Crippen LogP contribution is 2.16. The van der Waals surface area contributed by atoms with E-state index >= 15 is 0 Å². The molecule has 0 aliphatic heterocycles. The van der Waals surface area contributed by atoms with E-state index < -0.39 is 28.0 Å². The van der Waals surface area contributed by atoms with Crippen LogP contribution in [-0.2, 0) is 14.9 Å². The van der Waals surface area contributed by atoms with Gasteiger partial charge in [0.1, 0.15) is 0 Å². The van der Waals surface area contributed by atoms with Crippen LogP contribution in [0.2, 0.25) is 0 Å². The molecule has 0 fully saturated rings. The van der Waals surface area contributed by atoms with Crippen molar-refractivity contribution in [2.75, 3.05) is 5.75 Å². The van der Waals surface area contributed by atoms with Crippen LogP contribution in [0.4, 0.5) is 0 Å². The second-order valence-electron chi connectivity index (χ2n) is 16.7. The van der Waals surface area contributed by atoms with Crippen molar-refractivity contribution in [2.24, 2.45) is 0 Å². The summed E-state index contributed by atoms with van der Waals surface area (Å²) in [5.41, 5.74) is 0. The summed E-state index contributed by atoms with van der Waals surface area (Å²) in [4.78, 5) is 12.6. The third kappa shape index (κ3) is 43.7. The van der Waals surface area contributed by atoms with Gasteiger partial charge in [-0.25, -0.2) is 0 Å². The summed E-state index contributed by atoms with van der Waals surface area (Å²) in [5.74, 6) is -0.978. The number of hydrogen-bond acceptors (Lipinski definition) is 4. The van der Waals surface area contributed by atoms with Crippen molar-refractivity contribution in [3.05, 3.63) is 36.5 Å². The summed E-state index contributed by atoms with van der Waals surface area (Å²) < 4.78 is 32.6. The smallest absolute Gasteiger partial charge is 0.267 e. The van der Waals surface area contributed by atoms with Crippen LogP contribution in [0.1, 0.15) is 251 Å². The Morgan fingerprint density at radius 2 is 0.804 bits per heavy atom. The van der Waals surface area contributed by atoms with E-state index in [4.69, 9.17) is 0 Å². The van der Waals surface area contributed by atoms with Crippen molar-refractivity contribution in [3.63, 3.8) is 0 Å². The molecule has 0 aromatic heterocycles. The first kappa shape index (κ1) is 54.6. The van der Waals surface area contributed by atoms with Gasteiger partial charge in [-0.15, -0.1) is 0 Å². The van der Waals surface area contributed by atoms with Gasteiger partial charge in [-0.1, -0.05) is 230 Å². The van der Waals surface area contributed by atoms with E-state index in [9.17, 15) is 22.9 Å². The number of aliphatic hydroxyl groups is 1. The molecule has 0 aromatic carbocycles. The Bertz CT molecular complexity index is 1020. The van der Waals surface area contributed by atoms with Gasteiger partial charge >= 0.3 is 0 Å². The van der Waals surface area contributed by atoms with Gasteiger partial charge < -0.3 is 10.4 Å². The Hall–Kier alpha value is -1.44. The fourth-order valence-corrected chi connectivity index (χ4v) is 8.16. The Balaban J connectivity index is 3.83. The fourth-order valence-electron chi connectivity index (χ4n) is 7.42. The van der Waals surface area contributed by atoms with E-state index in [2.05, 4.69) is 43.5 Å². The molecule has 3 N–H and O–H groups in total. The standard InChI is InChI=1S/C49H93NO5S/c1-3-5-7-9-11-13-15-17-19-21-23-25-27-29-31-33-35-37-39-41-43-45-49(52)50-47(46-56(53,54)55)48(51)44-42-40-38-36-34-32-30-28-26-24-22-20-18-16-14-12-10-8-6-4-2/h15,17,21,23,42,44,47-48,51H,3-14,16,18-20,22,24-41,43,45-46H2,1-2H3,(H,50,52)(H,53,54,55)/b17-15-,23-21-,44-42+. The van der Waals surface area contributed by atoms with Crippen molar-refractivity contribution in [1.29, 1.82) is 0 Å². The third-order valence-corrected chi connectivity index (χ3v) is 11.8. The summed E-state index contributed by atoms with van der Waals surface area (Å²) in [6.45, 7) is 4.54. The lowest BCUT2D eigenvalue weighted by molar-refractivity contribution is -0.122. The first-order chi connectivity index (χ1) is 27.3. The number of carbonyl (C=O) groups excluding carboxylic acids is 1. The predicted molar refractivity (Wildman–Crippen MR) is 244 cm³/mol. The quantitative estimate of drug-likeness (QED) is 0.0323. The van der Waals surface area contributed by atoms with Gasteiger partial charge in [0.05, 0.1) is 17.9 Å². The number of hydrogen-bond donors (Lipinski definition) is 3. The van der Waals surface area contributed by atoms with Crippen molar-refractivity contribution < 1.29 is 22.9 Å². The van der Waals surface area contributed by atoms with Crippen LogP contribution < -0.4 is 5.32 Å². The van der Waals surface area contributed by atoms with E-state index in [0.717, 1.165) is 44.9 Å². The molecule has 0 aromatic rings. The first-order valence-electron chi connectivity index (χ1n) is 24.2. The van der Waals surface area contributed by atoms with Crippen molar-refractivity contribution in [3.8, 4) is 0 Å². The van der Waals surface area contributed by atoms with Crippen LogP contribution in [0.25, 0.3) is 0 Å². The molecule has 0 aliphatic carbocycles. The van der Waals surface area contributed by atoms with Crippen LogP contribution in [0.3, 0.4) is 0 Å². The van der Waals surface area contributed by atoms with Crippen LogP contribution in [0.5, 0.6) is 0 Å². The van der Waals surface area contributed by atoms with Crippen LogP contribution in [-0.4, -0.2) is 41.9 Å².